The Morgan fingerprint density at radius 3 is 2.92 bits per heavy atom. The molecule has 1 fully saturated rings. The maximum absolute atomic E-state index is 11.1. The Balaban J connectivity index is 2.31. The molecule has 13 heavy (non-hydrogen) atoms. The minimum Gasteiger partial charge on any atom is -0.393 e. The van der Waals surface area contributed by atoms with E-state index >= 15 is 0 Å². The lowest BCUT2D eigenvalue weighted by Gasteiger charge is -2.26. The summed E-state index contributed by atoms with van der Waals surface area (Å²) in [5.41, 5.74) is 0. The van der Waals surface area contributed by atoms with Gasteiger partial charge in [-0.15, -0.1) is 0 Å². The van der Waals surface area contributed by atoms with E-state index in [0.29, 0.717) is 6.42 Å². The van der Waals surface area contributed by atoms with Crippen LogP contribution in [0.25, 0.3) is 0 Å². The van der Waals surface area contributed by atoms with E-state index in [4.69, 9.17) is 0 Å². The van der Waals surface area contributed by atoms with Gasteiger partial charge in [-0.1, -0.05) is 6.08 Å². The van der Waals surface area contributed by atoms with Crippen molar-refractivity contribution in [2.45, 2.75) is 44.8 Å². The van der Waals surface area contributed by atoms with Gasteiger partial charge in [-0.2, -0.15) is 0 Å². The van der Waals surface area contributed by atoms with Gasteiger partial charge < -0.3 is 10.4 Å². The fraction of sp³-hybridized carbons (Fsp3) is 0.700. The molecule has 2 N–H and O–H groups in total. The SMILES string of the molecule is CC=CC(=O)NC1CCCC(O)C1. The molecule has 0 aromatic rings. The van der Waals surface area contributed by atoms with Crippen LogP contribution in [0.2, 0.25) is 0 Å². The first-order chi connectivity index (χ1) is 6.22. The van der Waals surface area contributed by atoms with Crippen molar-refractivity contribution in [1.82, 2.24) is 5.32 Å². The molecular formula is C10H17NO2. The second-order valence-electron chi connectivity index (χ2n) is 3.53. The number of rotatable bonds is 2. The van der Waals surface area contributed by atoms with E-state index in [2.05, 4.69) is 5.32 Å². The highest BCUT2D eigenvalue weighted by atomic mass is 16.3. The van der Waals surface area contributed by atoms with E-state index in [9.17, 15) is 9.90 Å². The fourth-order valence-electron chi connectivity index (χ4n) is 1.70. The third-order valence-electron chi connectivity index (χ3n) is 2.31. The zero-order valence-corrected chi connectivity index (χ0v) is 7.99. The third-order valence-corrected chi connectivity index (χ3v) is 2.31. The Bertz CT molecular complexity index is 201. The molecular weight excluding hydrogens is 166 g/mol. The van der Waals surface area contributed by atoms with Crippen molar-refractivity contribution >= 4 is 5.91 Å². The van der Waals surface area contributed by atoms with E-state index in [-0.39, 0.29) is 18.1 Å². The maximum Gasteiger partial charge on any atom is 0.243 e. The number of allylic oxidation sites excluding steroid dienone is 1. The van der Waals surface area contributed by atoms with Crippen molar-refractivity contribution in [1.29, 1.82) is 0 Å². The van der Waals surface area contributed by atoms with Crippen LogP contribution in [0.1, 0.15) is 32.6 Å². The maximum atomic E-state index is 11.1. The number of nitrogens with one attached hydrogen (secondary N) is 1. The summed E-state index contributed by atoms with van der Waals surface area (Å²) in [5, 5.41) is 12.2. The monoisotopic (exact) mass is 183 g/mol. The Morgan fingerprint density at radius 2 is 2.31 bits per heavy atom. The van der Waals surface area contributed by atoms with Gasteiger partial charge in [-0.3, -0.25) is 4.79 Å². The molecule has 0 heterocycles. The number of amides is 1. The molecule has 0 aromatic carbocycles. The Hall–Kier alpha value is -0.830. The van der Waals surface area contributed by atoms with E-state index in [1.54, 1.807) is 6.08 Å². The van der Waals surface area contributed by atoms with Crippen LogP contribution in [0.15, 0.2) is 12.2 Å². The molecule has 2 atom stereocenters. The van der Waals surface area contributed by atoms with Gasteiger partial charge in [0.2, 0.25) is 5.91 Å². The topological polar surface area (TPSA) is 49.3 Å². The minimum atomic E-state index is -0.232. The molecule has 0 aromatic heterocycles. The van der Waals surface area contributed by atoms with Crippen LogP contribution >= 0.6 is 0 Å². The van der Waals surface area contributed by atoms with E-state index in [0.717, 1.165) is 19.3 Å². The van der Waals surface area contributed by atoms with Gasteiger partial charge in [-0.05, 0) is 38.7 Å². The number of carbonyl (C=O) groups excluding carboxylic acids is 1. The van der Waals surface area contributed by atoms with Crippen LogP contribution in [-0.4, -0.2) is 23.2 Å². The predicted octanol–water partition coefficient (Wildman–Crippen LogP) is 0.982. The third kappa shape index (κ3) is 3.59. The summed E-state index contributed by atoms with van der Waals surface area (Å²) in [5.74, 6) is -0.0541. The summed E-state index contributed by atoms with van der Waals surface area (Å²) in [4.78, 5) is 11.1. The zero-order valence-electron chi connectivity index (χ0n) is 7.99. The summed E-state index contributed by atoms with van der Waals surface area (Å²) in [6.45, 7) is 1.81. The largest absolute Gasteiger partial charge is 0.393 e. The summed E-state index contributed by atoms with van der Waals surface area (Å²) >= 11 is 0. The number of aliphatic hydroxyl groups is 1. The molecule has 0 aliphatic heterocycles. The first-order valence-electron chi connectivity index (χ1n) is 4.83. The number of hydrogen-bond acceptors (Lipinski definition) is 2. The molecule has 0 saturated heterocycles. The molecule has 0 radical (unpaired) electrons. The fourth-order valence-corrected chi connectivity index (χ4v) is 1.70. The predicted molar refractivity (Wildman–Crippen MR) is 51.2 cm³/mol. The molecule has 0 spiro atoms. The lowest BCUT2D eigenvalue weighted by Crippen LogP contribution is -2.38. The van der Waals surface area contributed by atoms with Gasteiger partial charge in [0.25, 0.3) is 0 Å². The van der Waals surface area contributed by atoms with Crippen LogP contribution in [0, 0.1) is 0 Å². The normalized spacial score (nSPS) is 29.1. The molecule has 3 nitrogen and oxygen atoms in total. The first-order valence-corrected chi connectivity index (χ1v) is 4.83. The molecule has 1 saturated carbocycles. The molecule has 0 bridgehead atoms. The average Bonchev–Trinajstić information content (AvgIpc) is 2.04. The summed E-state index contributed by atoms with van der Waals surface area (Å²) in [6, 6.07) is 0.160. The van der Waals surface area contributed by atoms with E-state index < -0.39 is 0 Å². The van der Waals surface area contributed by atoms with Gasteiger partial charge >= 0.3 is 0 Å². The second-order valence-corrected chi connectivity index (χ2v) is 3.53. The molecule has 1 rings (SSSR count). The van der Waals surface area contributed by atoms with Crippen LogP contribution < -0.4 is 5.32 Å². The first kappa shape index (κ1) is 10.3. The average molecular weight is 183 g/mol. The van der Waals surface area contributed by atoms with Gasteiger partial charge in [0.15, 0.2) is 0 Å². The van der Waals surface area contributed by atoms with E-state index in [1.807, 2.05) is 6.92 Å². The summed E-state index contributed by atoms with van der Waals surface area (Å²) < 4.78 is 0. The number of aliphatic hydroxyl groups excluding tert-OH is 1. The smallest absolute Gasteiger partial charge is 0.243 e. The molecule has 1 amide bonds. The summed E-state index contributed by atoms with van der Waals surface area (Å²) in [6.07, 6.45) is 6.56. The van der Waals surface area contributed by atoms with Gasteiger partial charge in [0, 0.05) is 6.04 Å². The van der Waals surface area contributed by atoms with Crippen LogP contribution in [0.3, 0.4) is 0 Å². The summed E-state index contributed by atoms with van der Waals surface area (Å²) in [7, 11) is 0. The molecule has 1 aliphatic carbocycles. The van der Waals surface area contributed by atoms with E-state index in [1.165, 1.54) is 6.08 Å². The van der Waals surface area contributed by atoms with Crippen LogP contribution in [0.4, 0.5) is 0 Å². The highest BCUT2D eigenvalue weighted by Gasteiger charge is 2.20. The Labute approximate surface area is 78.8 Å². The van der Waals surface area contributed by atoms with Crippen molar-refractivity contribution in [3.05, 3.63) is 12.2 Å². The lowest BCUT2D eigenvalue weighted by molar-refractivity contribution is -0.117. The zero-order chi connectivity index (χ0) is 9.68. The van der Waals surface area contributed by atoms with Crippen molar-refractivity contribution in [3.8, 4) is 0 Å². The second kappa shape index (κ2) is 5.02. The van der Waals surface area contributed by atoms with Gasteiger partial charge in [-0.25, -0.2) is 0 Å². The van der Waals surface area contributed by atoms with Crippen molar-refractivity contribution < 1.29 is 9.90 Å². The molecule has 74 valence electrons. The quantitative estimate of drug-likeness (QED) is 0.627. The highest BCUT2D eigenvalue weighted by Crippen LogP contribution is 2.18. The van der Waals surface area contributed by atoms with Gasteiger partial charge in [0.1, 0.15) is 0 Å². The van der Waals surface area contributed by atoms with Crippen LogP contribution in [-0.2, 0) is 4.79 Å². The lowest BCUT2D eigenvalue weighted by atomic mass is 9.93. The molecule has 3 heteroatoms. The Morgan fingerprint density at radius 1 is 1.54 bits per heavy atom. The van der Waals surface area contributed by atoms with Crippen molar-refractivity contribution in [2.24, 2.45) is 0 Å². The minimum absolute atomic E-state index is 0.0541. The van der Waals surface area contributed by atoms with Crippen molar-refractivity contribution in [2.75, 3.05) is 0 Å². The highest BCUT2D eigenvalue weighted by molar-refractivity contribution is 5.87. The standard InChI is InChI=1S/C10H17NO2/c1-2-4-10(13)11-8-5-3-6-9(12)7-8/h2,4,8-9,12H,3,5-7H2,1H3,(H,11,13). The van der Waals surface area contributed by atoms with Crippen molar-refractivity contribution in [3.63, 3.8) is 0 Å². The number of carbonyl (C=O) groups is 1. The van der Waals surface area contributed by atoms with Gasteiger partial charge in [0.05, 0.1) is 6.10 Å². The molecule has 1 aliphatic rings. The number of hydrogen-bond donors (Lipinski definition) is 2. The Kier molecular flexibility index (Phi) is 3.96. The van der Waals surface area contributed by atoms with Crippen LogP contribution in [0.5, 0.6) is 0 Å². The molecule has 2 unspecified atom stereocenters.